The lowest BCUT2D eigenvalue weighted by molar-refractivity contribution is -0.253. The molecule has 0 aliphatic heterocycles. The zero-order valence-electron chi connectivity index (χ0n) is 7.25. The summed E-state index contributed by atoms with van der Waals surface area (Å²) in [7, 11) is 0. The molecule has 0 heterocycles. The summed E-state index contributed by atoms with van der Waals surface area (Å²) in [5.41, 5.74) is 0. The van der Waals surface area contributed by atoms with Crippen LogP contribution < -0.4 is 0 Å². The first kappa shape index (κ1) is 9.01. The van der Waals surface area contributed by atoms with E-state index in [1.807, 2.05) is 0 Å². The van der Waals surface area contributed by atoms with E-state index in [-0.39, 0.29) is 0 Å². The first-order valence-electron chi connectivity index (χ1n) is 4.61. The van der Waals surface area contributed by atoms with Crippen molar-refractivity contribution in [3.05, 3.63) is 0 Å². The Morgan fingerprint density at radius 1 is 1.36 bits per heavy atom. The quantitative estimate of drug-likeness (QED) is 0.505. The molecule has 0 radical (unpaired) electrons. The Balaban J connectivity index is 2.21. The Bertz CT molecular complexity index is 97.7. The van der Waals surface area contributed by atoms with Crippen molar-refractivity contribution in [2.24, 2.45) is 11.8 Å². The van der Waals surface area contributed by atoms with E-state index in [4.69, 9.17) is 5.26 Å². The lowest BCUT2D eigenvalue weighted by Gasteiger charge is -2.26. The van der Waals surface area contributed by atoms with Crippen molar-refractivity contribution in [3.8, 4) is 0 Å². The van der Waals surface area contributed by atoms with Gasteiger partial charge in [0.05, 0.1) is 6.61 Å². The molecule has 0 spiro atoms. The molecule has 1 aliphatic rings. The molecule has 0 aromatic rings. The Labute approximate surface area is 68.5 Å². The van der Waals surface area contributed by atoms with E-state index in [0.717, 1.165) is 5.92 Å². The molecule has 0 aromatic carbocycles. The molecular formula is C9H18O2. The van der Waals surface area contributed by atoms with E-state index in [2.05, 4.69) is 11.8 Å². The highest BCUT2D eigenvalue weighted by atomic mass is 17.1. The normalized spacial score (nSPS) is 23.5. The Hall–Kier alpha value is -0.0800. The van der Waals surface area contributed by atoms with Gasteiger partial charge in [-0.05, 0) is 11.8 Å². The van der Waals surface area contributed by atoms with Gasteiger partial charge in [0, 0.05) is 0 Å². The molecule has 2 nitrogen and oxygen atoms in total. The van der Waals surface area contributed by atoms with Gasteiger partial charge < -0.3 is 0 Å². The minimum atomic E-state index is 0.505. The third kappa shape index (κ3) is 2.80. The van der Waals surface area contributed by atoms with Crippen molar-refractivity contribution in [1.29, 1.82) is 0 Å². The zero-order chi connectivity index (χ0) is 8.10. The smallest absolute Gasteiger partial charge is 0.0847 e. The standard InChI is InChI=1S/C9H18O2/c1-8(7-11-10)9-5-3-2-4-6-9/h8-10H,2-7H2,1H3. The fourth-order valence-corrected chi connectivity index (χ4v) is 1.96. The number of hydrogen-bond acceptors (Lipinski definition) is 2. The molecule has 0 bridgehead atoms. The Morgan fingerprint density at radius 2 is 2.00 bits per heavy atom. The van der Waals surface area contributed by atoms with E-state index in [1.165, 1.54) is 32.1 Å². The molecule has 1 atom stereocenters. The first-order valence-corrected chi connectivity index (χ1v) is 4.61. The summed E-state index contributed by atoms with van der Waals surface area (Å²) in [5.74, 6) is 1.32. The molecule has 1 rings (SSSR count). The lowest BCUT2D eigenvalue weighted by atomic mass is 9.81. The largest absolute Gasteiger partial charge is 0.252 e. The van der Waals surface area contributed by atoms with Crippen LogP contribution in [0.5, 0.6) is 0 Å². The van der Waals surface area contributed by atoms with Crippen LogP contribution in [0.4, 0.5) is 0 Å². The summed E-state index contributed by atoms with van der Waals surface area (Å²) in [5, 5.41) is 8.27. The van der Waals surface area contributed by atoms with Gasteiger partial charge in [-0.25, -0.2) is 4.89 Å². The van der Waals surface area contributed by atoms with Gasteiger partial charge in [0.15, 0.2) is 0 Å². The Kier molecular flexibility index (Phi) is 3.87. The van der Waals surface area contributed by atoms with Crippen LogP contribution in [-0.2, 0) is 4.89 Å². The summed E-state index contributed by atoms with van der Waals surface area (Å²) in [6.45, 7) is 2.66. The monoisotopic (exact) mass is 158 g/mol. The van der Waals surface area contributed by atoms with Crippen molar-refractivity contribution >= 4 is 0 Å². The average Bonchev–Trinajstić information content (AvgIpc) is 2.07. The van der Waals surface area contributed by atoms with Gasteiger partial charge >= 0.3 is 0 Å². The highest BCUT2D eigenvalue weighted by molar-refractivity contribution is 4.70. The van der Waals surface area contributed by atoms with Crippen LogP contribution in [0.25, 0.3) is 0 Å². The van der Waals surface area contributed by atoms with E-state index in [1.54, 1.807) is 0 Å². The van der Waals surface area contributed by atoms with Crippen LogP contribution in [0.1, 0.15) is 39.0 Å². The molecule has 66 valence electrons. The minimum Gasteiger partial charge on any atom is -0.252 e. The van der Waals surface area contributed by atoms with Gasteiger partial charge in [0.25, 0.3) is 0 Å². The fourth-order valence-electron chi connectivity index (χ4n) is 1.96. The molecule has 1 N–H and O–H groups in total. The SMILES string of the molecule is CC(COO)C1CCCCC1. The highest BCUT2D eigenvalue weighted by Crippen LogP contribution is 2.29. The van der Waals surface area contributed by atoms with Crippen molar-refractivity contribution in [2.75, 3.05) is 6.61 Å². The van der Waals surface area contributed by atoms with Crippen LogP contribution in [0.3, 0.4) is 0 Å². The summed E-state index contributed by atoms with van der Waals surface area (Å²) in [6, 6.07) is 0. The summed E-state index contributed by atoms with van der Waals surface area (Å²) >= 11 is 0. The maximum Gasteiger partial charge on any atom is 0.0847 e. The zero-order valence-corrected chi connectivity index (χ0v) is 7.25. The van der Waals surface area contributed by atoms with Crippen molar-refractivity contribution in [3.63, 3.8) is 0 Å². The second kappa shape index (κ2) is 4.73. The van der Waals surface area contributed by atoms with Crippen molar-refractivity contribution in [2.45, 2.75) is 39.0 Å². The molecule has 0 amide bonds. The molecule has 1 saturated carbocycles. The minimum absolute atomic E-state index is 0.505. The Morgan fingerprint density at radius 3 is 2.55 bits per heavy atom. The van der Waals surface area contributed by atoms with Crippen LogP contribution >= 0.6 is 0 Å². The van der Waals surface area contributed by atoms with Gasteiger partial charge in [-0.2, -0.15) is 0 Å². The van der Waals surface area contributed by atoms with Gasteiger partial charge in [-0.1, -0.05) is 39.0 Å². The van der Waals surface area contributed by atoms with Crippen LogP contribution in [0.2, 0.25) is 0 Å². The fraction of sp³-hybridized carbons (Fsp3) is 1.00. The number of hydrogen-bond donors (Lipinski definition) is 1. The van der Waals surface area contributed by atoms with Gasteiger partial charge in [0.2, 0.25) is 0 Å². The predicted octanol–water partition coefficient (Wildman–Crippen LogP) is 2.69. The maximum atomic E-state index is 8.27. The van der Waals surface area contributed by atoms with Gasteiger partial charge in [0.1, 0.15) is 0 Å². The second-order valence-electron chi connectivity index (χ2n) is 3.67. The predicted molar refractivity (Wildman–Crippen MR) is 44.3 cm³/mol. The van der Waals surface area contributed by atoms with Gasteiger partial charge in [-0.15, -0.1) is 0 Å². The van der Waals surface area contributed by atoms with Crippen LogP contribution in [0, 0.1) is 11.8 Å². The maximum absolute atomic E-state index is 8.27. The van der Waals surface area contributed by atoms with E-state index >= 15 is 0 Å². The second-order valence-corrected chi connectivity index (χ2v) is 3.67. The van der Waals surface area contributed by atoms with Gasteiger partial charge in [-0.3, -0.25) is 5.26 Å². The molecule has 0 saturated heterocycles. The van der Waals surface area contributed by atoms with Crippen molar-refractivity contribution < 1.29 is 10.1 Å². The molecule has 1 unspecified atom stereocenters. The molecule has 1 aliphatic carbocycles. The molecule has 2 heteroatoms. The van der Waals surface area contributed by atoms with E-state index in [0.29, 0.717) is 12.5 Å². The molecule has 11 heavy (non-hydrogen) atoms. The van der Waals surface area contributed by atoms with Crippen LogP contribution in [-0.4, -0.2) is 11.9 Å². The van der Waals surface area contributed by atoms with E-state index in [9.17, 15) is 0 Å². The highest BCUT2D eigenvalue weighted by Gasteiger charge is 2.19. The summed E-state index contributed by atoms with van der Waals surface area (Å²) in [6.07, 6.45) is 6.76. The third-order valence-corrected chi connectivity index (χ3v) is 2.79. The van der Waals surface area contributed by atoms with E-state index < -0.39 is 0 Å². The summed E-state index contributed by atoms with van der Waals surface area (Å²) in [4.78, 5) is 4.16. The van der Waals surface area contributed by atoms with Crippen LogP contribution in [0.15, 0.2) is 0 Å². The molecular weight excluding hydrogens is 140 g/mol. The topological polar surface area (TPSA) is 29.5 Å². The average molecular weight is 158 g/mol. The van der Waals surface area contributed by atoms with Crippen molar-refractivity contribution in [1.82, 2.24) is 0 Å². The third-order valence-electron chi connectivity index (χ3n) is 2.79. The number of rotatable bonds is 3. The molecule has 0 aromatic heterocycles. The molecule has 1 fully saturated rings. The summed E-state index contributed by atoms with van der Waals surface area (Å²) < 4.78 is 0. The lowest BCUT2D eigenvalue weighted by Crippen LogP contribution is -2.19. The first-order chi connectivity index (χ1) is 5.34.